The van der Waals surface area contributed by atoms with Gasteiger partial charge in [-0.05, 0) is 44.6 Å². The summed E-state index contributed by atoms with van der Waals surface area (Å²) in [5, 5.41) is 0. The third-order valence-electron chi connectivity index (χ3n) is 4.34. The van der Waals surface area contributed by atoms with Gasteiger partial charge in [-0.25, -0.2) is 0 Å². The molecule has 0 amide bonds. The van der Waals surface area contributed by atoms with Crippen molar-refractivity contribution in [3.63, 3.8) is 0 Å². The molecule has 1 aromatic rings. The van der Waals surface area contributed by atoms with E-state index in [2.05, 4.69) is 45.0 Å². The van der Waals surface area contributed by atoms with E-state index in [4.69, 9.17) is 10.5 Å². The minimum absolute atomic E-state index is 0.306. The van der Waals surface area contributed by atoms with Crippen molar-refractivity contribution < 1.29 is 4.74 Å². The molecule has 0 aliphatic rings. The number of hydrogen-bond acceptors (Lipinski definition) is 3. The summed E-state index contributed by atoms with van der Waals surface area (Å²) in [5.74, 6) is 0.882. The molecule has 0 aliphatic heterocycles. The molecule has 2 N–H and O–H groups in total. The first-order valence-corrected chi connectivity index (χ1v) is 8.09. The lowest BCUT2D eigenvalue weighted by Gasteiger charge is -2.42. The molecular formula is C18H32N2O. The van der Waals surface area contributed by atoms with Crippen LogP contribution in [-0.2, 0) is 5.54 Å². The van der Waals surface area contributed by atoms with Gasteiger partial charge in [0, 0.05) is 6.04 Å². The van der Waals surface area contributed by atoms with Gasteiger partial charge in [-0.3, -0.25) is 0 Å². The molecule has 0 heterocycles. The highest BCUT2D eigenvalue weighted by molar-refractivity contribution is 5.33. The standard InChI is InChI=1S/C18H32N2O/c1-6-8-9-17(20(3)4)18(19,14-7-2)15-10-12-16(21-5)13-11-15/h10-13,17H,6-9,14,19H2,1-5H3. The van der Waals surface area contributed by atoms with Gasteiger partial charge in [0.15, 0.2) is 0 Å². The second kappa shape index (κ2) is 8.40. The van der Waals surface area contributed by atoms with Crippen LogP contribution < -0.4 is 10.5 Å². The molecule has 0 aliphatic carbocycles. The molecule has 21 heavy (non-hydrogen) atoms. The molecule has 0 radical (unpaired) electrons. The molecule has 0 bridgehead atoms. The summed E-state index contributed by atoms with van der Waals surface area (Å²) in [6.07, 6.45) is 5.62. The van der Waals surface area contributed by atoms with Crippen molar-refractivity contribution in [1.82, 2.24) is 4.90 Å². The first kappa shape index (κ1) is 18.0. The summed E-state index contributed by atoms with van der Waals surface area (Å²) < 4.78 is 5.26. The van der Waals surface area contributed by atoms with Gasteiger partial charge in [-0.2, -0.15) is 0 Å². The van der Waals surface area contributed by atoms with Gasteiger partial charge in [0.1, 0.15) is 5.75 Å². The number of rotatable bonds is 9. The lowest BCUT2D eigenvalue weighted by atomic mass is 9.77. The first-order valence-electron chi connectivity index (χ1n) is 8.09. The zero-order valence-electron chi connectivity index (χ0n) is 14.4. The second-order valence-electron chi connectivity index (χ2n) is 6.14. The summed E-state index contributed by atoms with van der Waals surface area (Å²) in [7, 11) is 5.98. The van der Waals surface area contributed by atoms with Crippen molar-refractivity contribution in [1.29, 1.82) is 0 Å². The highest BCUT2D eigenvalue weighted by atomic mass is 16.5. The molecule has 0 fully saturated rings. The third-order valence-corrected chi connectivity index (χ3v) is 4.34. The van der Waals surface area contributed by atoms with Crippen LogP contribution in [-0.4, -0.2) is 32.1 Å². The van der Waals surface area contributed by atoms with E-state index in [1.165, 1.54) is 18.4 Å². The number of nitrogens with zero attached hydrogens (tertiary/aromatic N) is 1. The summed E-state index contributed by atoms with van der Waals surface area (Å²) in [5.41, 5.74) is 7.83. The molecule has 3 nitrogen and oxygen atoms in total. The predicted molar refractivity (Wildman–Crippen MR) is 90.8 cm³/mol. The number of nitrogens with two attached hydrogens (primary N) is 1. The van der Waals surface area contributed by atoms with Crippen LogP contribution in [0.2, 0.25) is 0 Å². The van der Waals surface area contributed by atoms with E-state index >= 15 is 0 Å². The molecular weight excluding hydrogens is 260 g/mol. The number of unbranched alkanes of at least 4 members (excludes halogenated alkanes) is 1. The van der Waals surface area contributed by atoms with Crippen LogP contribution in [0.3, 0.4) is 0 Å². The van der Waals surface area contributed by atoms with Crippen LogP contribution in [0.15, 0.2) is 24.3 Å². The van der Waals surface area contributed by atoms with Crippen LogP contribution in [0.25, 0.3) is 0 Å². The smallest absolute Gasteiger partial charge is 0.118 e. The molecule has 0 spiro atoms. The van der Waals surface area contributed by atoms with Crippen LogP contribution in [0.1, 0.15) is 51.5 Å². The Morgan fingerprint density at radius 2 is 1.76 bits per heavy atom. The monoisotopic (exact) mass is 292 g/mol. The zero-order valence-corrected chi connectivity index (χ0v) is 14.4. The van der Waals surface area contributed by atoms with Gasteiger partial charge < -0.3 is 15.4 Å². The lowest BCUT2D eigenvalue weighted by molar-refractivity contribution is 0.152. The average Bonchev–Trinajstić information content (AvgIpc) is 2.47. The Morgan fingerprint density at radius 3 is 2.19 bits per heavy atom. The molecule has 3 heteroatoms. The van der Waals surface area contributed by atoms with Gasteiger partial charge in [-0.1, -0.05) is 45.2 Å². The van der Waals surface area contributed by atoms with Crippen molar-refractivity contribution in [3.05, 3.63) is 29.8 Å². The number of likely N-dealkylation sites (N-methyl/N-ethyl adjacent to an activating group) is 1. The number of benzene rings is 1. The minimum atomic E-state index is -0.306. The summed E-state index contributed by atoms with van der Waals surface area (Å²) in [6, 6.07) is 8.62. The molecule has 0 saturated carbocycles. The van der Waals surface area contributed by atoms with Crippen molar-refractivity contribution in [3.8, 4) is 5.75 Å². The van der Waals surface area contributed by atoms with E-state index in [0.717, 1.165) is 25.0 Å². The van der Waals surface area contributed by atoms with Crippen LogP contribution in [0.5, 0.6) is 5.75 Å². The van der Waals surface area contributed by atoms with Crippen LogP contribution >= 0.6 is 0 Å². The Labute approximate surface area is 130 Å². The largest absolute Gasteiger partial charge is 0.497 e. The number of hydrogen-bond donors (Lipinski definition) is 1. The number of ether oxygens (including phenoxy) is 1. The fraction of sp³-hybridized carbons (Fsp3) is 0.667. The SMILES string of the molecule is CCCCC(N(C)C)C(N)(CCC)c1ccc(OC)cc1. The Kier molecular flexibility index (Phi) is 7.20. The van der Waals surface area contributed by atoms with E-state index in [0.29, 0.717) is 6.04 Å². The summed E-state index contributed by atoms with van der Waals surface area (Å²) >= 11 is 0. The Bertz CT molecular complexity index is 402. The lowest BCUT2D eigenvalue weighted by Crippen LogP contribution is -2.54. The van der Waals surface area contributed by atoms with Gasteiger partial charge >= 0.3 is 0 Å². The number of methoxy groups -OCH3 is 1. The normalized spacial score (nSPS) is 15.8. The molecule has 0 saturated heterocycles. The van der Waals surface area contributed by atoms with Gasteiger partial charge in [0.25, 0.3) is 0 Å². The first-order chi connectivity index (χ1) is 9.99. The van der Waals surface area contributed by atoms with Gasteiger partial charge in [-0.15, -0.1) is 0 Å². The van der Waals surface area contributed by atoms with E-state index in [9.17, 15) is 0 Å². The summed E-state index contributed by atoms with van der Waals surface area (Å²) in [4.78, 5) is 2.29. The topological polar surface area (TPSA) is 38.5 Å². The molecule has 1 aromatic carbocycles. The van der Waals surface area contributed by atoms with Crippen molar-refractivity contribution in [2.45, 2.75) is 57.5 Å². The molecule has 2 unspecified atom stereocenters. The van der Waals surface area contributed by atoms with Crippen LogP contribution in [0, 0.1) is 0 Å². The van der Waals surface area contributed by atoms with Crippen LogP contribution in [0.4, 0.5) is 0 Å². The van der Waals surface area contributed by atoms with E-state index in [1.54, 1.807) is 7.11 Å². The molecule has 0 aromatic heterocycles. The van der Waals surface area contributed by atoms with Crippen molar-refractivity contribution in [2.75, 3.05) is 21.2 Å². The Hall–Kier alpha value is -1.06. The van der Waals surface area contributed by atoms with E-state index < -0.39 is 0 Å². The maximum absolute atomic E-state index is 6.92. The maximum atomic E-state index is 6.92. The van der Waals surface area contributed by atoms with E-state index in [1.807, 2.05) is 12.1 Å². The predicted octanol–water partition coefficient (Wildman–Crippen LogP) is 3.77. The quantitative estimate of drug-likeness (QED) is 0.753. The molecule has 1 rings (SSSR count). The van der Waals surface area contributed by atoms with Crippen molar-refractivity contribution >= 4 is 0 Å². The fourth-order valence-electron chi connectivity index (χ4n) is 3.19. The average molecular weight is 292 g/mol. The maximum Gasteiger partial charge on any atom is 0.118 e. The van der Waals surface area contributed by atoms with Crippen molar-refractivity contribution in [2.24, 2.45) is 5.73 Å². The molecule has 120 valence electrons. The minimum Gasteiger partial charge on any atom is -0.497 e. The van der Waals surface area contributed by atoms with Gasteiger partial charge in [0.05, 0.1) is 12.6 Å². The fourth-order valence-corrected chi connectivity index (χ4v) is 3.19. The second-order valence-corrected chi connectivity index (χ2v) is 6.14. The highest BCUT2D eigenvalue weighted by Crippen LogP contribution is 2.33. The summed E-state index contributed by atoms with van der Waals surface area (Å²) in [6.45, 7) is 4.44. The van der Waals surface area contributed by atoms with E-state index in [-0.39, 0.29) is 5.54 Å². The Balaban J connectivity index is 3.12. The zero-order chi connectivity index (χ0) is 15.9. The molecule has 2 atom stereocenters. The Morgan fingerprint density at radius 1 is 1.14 bits per heavy atom. The highest BCUT2D eigenvalue weighted by Gasteiger charge is 2.36. The third kappa shape index (κ3) is 4.45. The van der Waals surface area contributed by atoms with Gasteiger partial charge in [0.2, 0.25) is 0 Å².